The van der Waals surface area contributed by atoms with E-state index >= 15 is 0 Å². The molecule has 0 aromatic carbocycles. The Morgan fingerprint density at radius 3 is 2.60 bits per heavy atom. The summed E-state index contributed by atoms with van der Waals surface area (Å²) >= 11 is 0. The number of rotatable bonds is 3. The lowest BCUT2D eigenvalue weighted by atomic mass is 10.1. The lowest BCUT2D eigenvalue weighted by Gasteiger charge is -2.12. The third-order valence-electron chi connectivity index (χ3n) is 1.91. The number of hydrogen-bond acceptors (Lipinski definition) is 3. The van der Waals surface area contributed by atoms with Gasteiger partial charge in [-0.3, -0.25) is 9.78 Å². The number of nitrogens with two attached hydrogens (primary N) is 1. The Morgan fingerprint density at radius 1 is 1.60 bits per heavy atom. The van der Waals surface area contributed by atoms with E-state index in [0.717, 1.165) is 0 Å². The maximum Gasteiger partial charge on any atom is 0.284 e. The number of hydrogen-bond donors (Lipinski definition) is 1. The van der Waals surface area contributed by atoms with E-state index in [1.54, 1.807) is 6.92 Å². The van der Waals surface area contributed by atoms with E-state index in [0.29, 0.717) is 5.56 Å². The number of carbonyl (C=O) groups is 1. The van der Waals surface area contributed by atoms with Crippen LogP contribution in [0.3, 0.4) is 0 Å². The molecule has 6 heteroatoms. The molecule has 82 valence electrons. The minimum absolute atomic E-state index is 0.0530. The van der Waals surface area contributed by atoms with Crippen molar-refractivity contribution in [3.63, 3.8) is 0 Å². The number of aromatic nitrogens is 1. The van der Waals surface area contributed by atoms with Gasteiger partial charge >= 0.3 is 0 Å². The predicted octanol–water partition coefficient (Wildman–Crippen LogP) is 1.44. The quantitative estimate of drug-likeness (QED) is 0.831. The average molecular weight is 216 g/mol. The Labute approximate surface area is 85.1 Å². The minimum Gasteiger partial charge on any atom is -0.494 e. The van der Waals surface area contributed by atoms with Crippen molar-refractivity contribution < 1.29 is 18.3 Å². The SMILES string of the molecule is COc1c(C(F)F)ncc(C)c1C(N)=O. The van der Waals surface area contributed by atoms with E-state index in [9.17, 15) is 13.6 Å². The maximum absolute atomic E-state index is 12.5. The van der Waals surface area contributed by atoms with Crippen molar-refractivity contribution in [3.05, 3.63) is 23.0 Å². The van der Waals surface area contributed by atoms with Gasteiger partial charge in [0.25, 0.3) is 12.3 Å². The molecule has 0 spiro atoms. The van der Waals surface area contributed by atoms with Gasteiger partial charge in [0.15, 0.2) is 5.75 Å². The van der Waals surface area contributed by atoms with Crippen molar-refractivity contribution >= 4 is 5.91 Å². The second-order valence-corrected chi connectivity index (χ2v) is 2.90. The van der Waals surface area contributed by atoms with Crippen LogP contribution in [-0.2, 0) is 0 Å². The molecule has 0 saturated carbocycles. The zero-order valence-electron chi connectivity index (χ0n) is 8.25. The molecule has 0 unspecified atom stereocenters. The van der Waals surface area contributed by atoms with Gasteiger partial charge in [-0.1, -0.05) is 0 Å². The molecule has 0 aliphatic heterocycles. The Balaban J connectivity index is 3.47. The van der Waals surface area contributed by atoms with Crippen LogP contribution in [0.5, 0.6) is 5.75 Å². The van der Waals surface area contributed by atoms with Gasteiger partial charge < -0.3 is 10.5 Å². The lowest BCUT2D eigenvalue weighted by Crippen LogP contribution is -2.16. The van der Waals surface area contributed by atoms with Crippen LogP contribution in [0.25, 0.3) is 0 Å². The average Bonchev–Trinajstić information content (AvgIpc) is 2.15. The highest BCUT2D eigenvalue weighted by Gasteiger charge is 2.23. The Kier molecular flexibility index (Phi) is 3.18. The van der Waals surface area contributed by atoms with E-state index < -0.39 is 18.0 Å². The molecule has 0 fully saturated rings. The number of nitrogens with zero attached hydrogens (tertiary/aromatic N) is 1. The summed E-state index contributed by atoms with van der Waals surface area (Å²) < 4.78 is 29.7. The highest BCUT2D eigenvalue weighted by molar-refractivity contribution is 5.97. The van der Waals surface area contributed by atoms with Crippen molar-refractivity contribution in [2.75, 3.05) is 7.11 Å². The summed E-state index contributed by atoms with van der Waals surface area (Å²) in [5.41, 5.74) is 4.85. The van der Waals surface area contributed by atoms with Gasteiger partial charge in [0.2, 0.25) is 0 Å². The predicted molar refractivity (Wildman–Crippen MR) is 49.0 cm³/mol. The fraction of sp³-hybridized carbons (Fsp3) is 0.333. The summed E-state index contributed by atoms with van der Waals surface area (Å²) in [4.78, 5) is 14.6. The van der Waals surface area contributed by atoms with Crippen molar-refractivity contribution in [1.29, 1.82) is 0 Å². The molecule has 1 rings (SSSR count). The molecular formula is C9H10F2N2O2. The smallest absolute Gasteiger partial charge is 0.284 e. The van der Waals surface area contributed by atoms with Crippen LogP contribution in [0.4, 0.5) is 8.78 Å². The first-order valence-corrected chi connectivity index (χ1v) is 4.10. The number of alkyl halides is 2. The third kappa shape index (κ3) is 2.03. The molecule has 1 aromatic heterocycles. The molecule has 1 heterocycles. The summed E-state index contributed by atoms with van der Waals surface area (Å²) in [6.45, 7) is 1.55. The van der Waals surface area contributed by atoms with Gasteiger partial charge in [0, 0.05) is 6.20 Å². The third-order valence-corrected chi connectivity index (χ3v) is 1.91. The largest absolute Gasteiger partial charge is 0.494 e. The van der Waals surface area contributed by atoms with Crippen molar-refractivity contribution in [1.82, 2.24) is 4.98 Å². The highest BCUT2D eigenvalue weighted by Crippen LogP contribution is 2.31. The van der Waals surface area contributed by atoms with E-state index in [2.05, 4.69) is 4.98 Å². The summed E-state index contributed by atoms with van der Waals surface area (Å²) in [6, 6.07) is 0. The Bertz CT molecular complexity index is 394. The summed E-state index contributed by atoms with van der Waals surface area (Å²) in [5, 5.41) is 0. The Morgan fingerprint density at radius 2 is 2.20 bits per heavy atom. The molecule has 1 amide bonds. The first-order valence-electron chi connectivity index (χ1n) is 4.10. The number of aryl methyl sites for hydroxylation is 1. The van der Waals surface area contributed by atoms with Gasteiger partial charge in [-0.2, -0.15) is 0 Å². The van der Waals surface area contributed by atoms with Crippen LogP contribution in [0.2, 0.25) is 0 Å². The maximum atomic E-state index is 12.5. The molecule has 0 saturated heterocycles. The first kappa shape index (κ1) is 11.4. The van der Waals surface area contributed by atoms with Crippen LogP contribution in [0, 0.1) is 6.92 Å². The molecular weight excluding hydrogens is 206 g/mol. The van der Waals surface area contributed by atoms with Gasteiger partial charge in [-0.05, 0) is 12.5 Å². The minimum atomic E-state index is -2.81. The van der Waals surface area contributed by atoms with E-state index in [1.165, 1.54) is 13.3 Å². The monoisotopic (exact) mass is 216 g/mol. The normalized spacial score (nSPS) is 10.5. The van der Waals surface area contributed by atoms with Crippen molar-refractivity contribution in [2.24, 2.45) is 5.73 Å². The first-order chi connectivity index (χ1) is 6.99. The van der Waals surface area contributed by atoms with Crippen molar-refractivity contribution in [2.45, 2.75) is 13.3 Å². The van der Waals surface area contributed by atoms with Crippen LogP contribution in [0.15, 0.2) is 6.20 Å². The van der Waals surface area contributed by atoms with Gasteiger partial charge in [-0.15, -0.1) is 0 Å². The zero-order valence-corrected chi connectivity index (χ0v) is 8.25. The van der Waals surface area contributed by atoms with E-state index in [4.69, 9.17) is 10.5 Å². The number of ether oxygens (including phenoxy) is 1. The van der Waals surface area contributed by atoms with Crippen molar-refractivity contribution in [3.8, 4) is 5.75 Å². The fourth-order valence-electron chi connectivity index (χ4n) is 1.26. The van der Waals surface area contributed by atoms with Crippen LogP contribution >= 0.6 is 0 Å². The number of primary amides is 1. The van der Waals surface area contributed by atoms with E-state index in [-0.39, 0.29) is 11.3 Å². The molecule has 0 radical (unpaired) electrons. The van der Waals surface area contributed by atoms with Crippen LogP contribution in [0.1, 0.15) is 28.0 Å². The molecule has 15 heavy (non-hydrogen) atoms. The highest BCUT2D eigenvalue weighted by atomic mass is 19.3. The molecule has 0 aliphatic carbocycles. The molecule has 0 aliphatic rings. The summed E-state index contributed by atoms with van der Waals surface area (Å²) in [7, 11) is 1.19. The molecule has 1 aromatic rings. The molecule has 2 N–H and O–H groups in total. The standard InChI is InChI=1S/C9H10F2N2O2/c1-4-3-13-6(8(10)11)7(15-2)5(4)9(12)14/h3,8H,1-2H3,(H2,12,14). The second-order valence-electron chi connectivity index (χ2n) is 2.90. The fourth-order valence-corrected chi connectivity index (χ4v) is 1.26. The van der Waals surface area contributed by atoms with Gasteiger partial charge in [0.1, 0.15) is 5.69 Å². The summed E-state index contributed by atoms with van der Waals surface area (Å²) in [6.07, 6.45) is -1.64. The topological polar surface area (TPSA) is 65.2 Å². The molecule has 0 atom stereocenters. The number of methoxy groups -OCH3 is 1. The summed E-state index contributed by atoms with van der Waals surface area (Å²) in [5.74, 6) is -1.06. The number of halogens is 2. The molecule has 4 nitrogen and oxygen atoms in total. The lowest BCUT2D eigenvalue weighted by molar-refractivity contribution is 0.0994. The number of amides is 1. The van der Waals surface area contributed by atoms with Crippen LogP contribution in [-0.4, -0.2) is 18.0 Å². The zero-order chi connectivity index (χ0) is 11.6. The number of carbonyl (C=O) groups excluding carboxylic acids is 1. The van der Waals surface area contributed by atoms with E-state index in [1.807, 2.05) is 0 Å². The van der Waals surface area contributed by atoms with Crippen LogP contribution < -0.4 is 10.5 Å². The second kappa shape index (κ2) is 4.20. The van der Waals surface area contributed by atoms with Gasteiger partial charge in [-0.25, -0.2) is 8.78 Å². The van der Waals surface area contributed by atoms with Gasteiger partial charge in [0.05, 0.1) is 12.7 Å². The number of pyridine rings is 1. The molecule has 0 bridgehead atoms. The Hall–Kier alpha value is -1.72.